The van der Waals surface area contributed by atoms with Crippen LogP contribution in [0.3, 0.4) is 0 Å². The third-order valence-electron chi connectivity index (χ3n) is 4.59. The van der Waals surface area contributed by atoms with Crippen molar-refractivity contribution < 1.29 is 9.21 Å². The first-order chi connectivity index (χ1) is 12.3. The van der Waals surface area contributed by atoms with Crippen molar-refractivity contribution in [2.24, 2.45) is 5.73 Å². The number of likely N-dealkylation sites (tertiary alicyclic amines) is 1. The van der Waals surface area contributed by atoms with E-state index in [1.807, 2.05) is 30.3 Å². The van der Waals surface area contributed by atoms with Crippen LogP contribution in [0.5, 0.6) is 0 Å². The molecule has 3 N–H and O–H groups in total. The van der Waals surface area contributed by atoms with Crippen molar-refractivity contribution in [3.63, 3.8) is 0 Å². The van der Waals surface area contributed by atoms with E-state index in [2.05, 4.69) is 15.2 Å². The second kappa shape index (κ2) is 8.78. The Balaban J connectivity index is 1.60. The first kappa shape index (κ1) is 17.6. The van der Waals surface area contributed by atoms with Crippen molar-refractivity contribution in [3.8, 4) is 11.5 Å². The normalized spacial score (nSPS) is 18.2. The lowest BCUT2D eigenvalue weighted by Crippen LogP contribution is -2.46. The average molecular weight is 342 g/mol. The molecule has 3 rings (SSSR count). The molecule has 1 unspecified atom stereocenters. The largest absolute Gasteiger partial charge is 0.444 e. The van der Waals surface area contributed by atoms with Gasteiger partial charge in [0.2, 0.25) is 11.8 Å². The Hall–Kier alpha value is -2.18. The molecule has 6 nitrogen and oxygen atoms in total. The summed E-state index contributed by atoms with van der Waals surface area (Å²) in [4.78, 5) is 18.7. The smallest absolute Gasteiger partial charge is 0.226 e. The Bertz CT molecular complexity index is 671. The first-order valence-corrected chi connectivity index (χ1v) is 8.97. The van der Waals surface area contributed by atoms with E-state index in [0.29, 0.717) is 31.4 Å². The SMILES string of the molecule is NCCC(=O)NCC1CCCCN1Cc1coc(-c2ccccc2)n1. The van der Waals surface area contributed by atoms with E-state index < -0.39 is 0 Å². The molecule has 2 heterocycles. The Morgan fingerprint density at radius 3 is 2.96 bits per heavy atom. The highest BCUT2D eigenvalue weighted by molar-refractivity contribution is 5.76. The van der Waals surface area contributed by atoms with Gasteiger partial charge in [0, 0.05) is 37.7 Å². The molecule has 25 heavy (non-hydrogen) atoms. The lowest BCUT2D eigenvalue weighted by Gasteiger charge is -2.35. The fourth-order valence-electron chi connectivity index (χ4n) is 3.25. The van der Waals surface area contributed by atoms with Gasteiger partial charge in [-0.05, 0) is 31.5 Å². The maximum Gasteiger partial charge on any atom is 0.226 e. The van der Waals surface area contributed by atoms with Crippen molar-refractivity contribution >= 4 is 5.91 Å². The number of nitrogens with two attached hydrogens (primary N) is 1. The summed E-state index contributed by atoms with van der Waals surface area (Å²) in [6.45, 7) is 2.82. The zero-order valence-electron chi connectivity index (χ0n) is 14.5. The highest BCUT2D eigenvalue weighted by atomic mass is 16.3. The van der Waals surface area contributed by atoms with Crippen LogP contribution in [-0.2, 0) is 11.3 Å². The van der Waals surface area contributed by atoms with Crippen LogP contribution in [0.4, 0.5) is 0 Å². The van der Waals surface area contributed by atoms with E-state index >= 15 is 0 Å². The molecule has 0 spiro atoms. The van der Waals surface area contributed by atoms with Crippen molar-refractivity contribution in [3.05, 3.63) is 42.3 Å². The lowest BCUT2D eigenvalue weighted by molar-refractivity contribution is -0.121. The van der Waals surface area contributed by atoms with E-state index in [4.69, 9.17) is 10.2 Å². The van der Waals surface area contributed by atoms with E-state index in [-0.39, 0.29) is 5.91 Å². The fourth-order valence-corrected chi connectivity index (χ4v) is 3.25. The number of oxazole rings is 1. The van der Waals surface area contributed by atoms with Crippen molar-refractivity contribution in [1.29, 1.82) is 0 Å². The molecule has 1 aromatic carbocycles. The fraction of sp³-hybridized carbons (Fsp3) is 0.474. The first-order valence-electron chi connectivity index (χ1n) is 8.97. The van der Waals surface area contributed by atoms with Crippen LogP contribution in [0.15, 0.2) is 41.0 Å². The zero-order valence-corrected chi connectivity index (χ0v) is 14.5. The summed E-state index contributed by atoms with van der Waals surface area (Å²) in [7, 11) is 0. The molecule has 1 fully saturated rings. The molecule has 1 aliphatic heterocycles. The van der Waals surface area contributed by atoms with Gasteiger partial charge >= 0.3 is 0 Å². The molecule has 134 valence electrons. The molecule has 2 aromatic rings. The molecule has 0 bridgehead atoms. The number of carbonyl (C=O) groups is 1. The van der Waals surface area contributed by atoms with Crippen LogP contribution in [0, 0.1) is 0 Å². The van der Waals surface area contributed by atoms with Crippen molar-refractivity contribution in [2.75, 3.05) is 19.6 Å². The maximum atomic E-state index is 11.7. The molecule has 0 saturated carbocycles. The summed E-state index contributed by atoms with van der Waals surface area (Å²) in [5.74, 6) is 0.682. The van der Waals surface area contributed by atoms with Gasteiger partial charge in [-0.15, -0.1) is 0 Å². The van der Waals surface area contributed by atoms with Crippen LogP contribution in [0.25, 0.3) is 11.5 Å². The topological polar surface area (TPSA) is 84.4 Å². The molecular formula is C19H26N4O2. The zero-order chi connectivity index (χ0) is 17.5. The van der Waals surface area contributed by atoms with E-state index in [1.54, 1.807) is 6.26 Å². The minimum absolute atomic E-state index is 0.0285. The van der Waals surface area contributed by atoms with Gasteiger partial charge in [-0.2, -0.15) is 0 Å². The van der Waals surface area contributed by atoms with E-state index in [1.165, 1.54) is 12.8 Å². The summed E-state index contributed by atoms with van der Waals surface area (Å²) < 4.78 is 5.64. The molecule has 1 atom stereocenters. The van der Waals surface area contributed by atoms with Crippen LogP contribution in [0.1, 0.15) is 31.4 Å². The third-order valence-corrected chi connectivity index (χ3v) is 4.59. The quantitative estimate of drug-likeness (QED) is 0.805. The van der Waals surface area contributed by atoms with Gasteiger partial charge < -0.3 is 15.5 Å². The second-order valence-corrected chi connectivity index (χ2v) is 6.47. The van der Waals surface area contributed by atoms with E-state index in [9.17, 15) is 4.79 Å². The number of rotatable bonds is 7. The van der Waals surface area contributed by atoms with Crippen molar-refractivity contribution in [1.82, 2.24) is 15.2 Å². The summed E-state index contributed by atoms with van der Waals surface area (Å²) in [6, 6.07) is 10.3. The Morgan fingerprint density at radius 1 is 1.32 bits per heavy atom. The Morgan fingerprint density at radius 2 is 2.16 bits per heavy atom. The number of hydrogen-bond acceptors (Lipinski definition) is 5. The molecule has 1 saturated heterocycles. The predicted molar refractivity (Wildman–Crippen MR) is 96.7 cm³/mol. The molecular weight excluding hydrogens is 316 g/mol. The van der Waals surface area contributed by atoms with Crippen molar-refractivity contribution in [2.45, 2.75) is 38.3 Å². The second-order valence-electron chi connectivity index (χ2n) is 6.47. The maximum absolute atomic E-state index is 11.7. The third kappa shape index (κ3) is 4.90. The molecule has 1 aromatic heterocycles. The van der Waals surface area contributed by atoms with Crippen LogP contribution >= 0.6 is 0 Å². The summed E-state index contributed by atoms with van der Waals surface area (Å²) >= 11 is 0. The van der Waals surface area contributed by atoms with Gasteiger partial charge in [0.15, 0.2) is 0 Å². The van der Waals surface area contributed by atoms with Gasteiger partial charge in [-0.1, -0.05) is 24.6 Å². The number of piperidine rings is 1. The summed E-state index contributed by atoms with van der Waals surface area (Å²) in [6.07, 6.45) is 5.59. The van der Waals surface area contributed by atoms with E-state index in [0.717, 1.165) is 30.8 Å². The minimum atomic E-state index is 0.0285. The number of aromatic nitrogens is 1. The molecule has 1 amide bonds. The molecule has 0 aliphatic carbocycles. The van der Waals surface area contributed by atoms with Crippen LogP contribution in [-0.4, -0.2) is 41.5 Å². The number of nitrogens with one attached hydrogen (secondary N) is 1. The summed E-state index contributed by atoms with van der Waals surface area (Å²) in [5, 5.41) is 3.00. The van der Waals surface area contributed by atoms with Gasteiger partial charge in [0.1, 0.15) is 6.26 Å². The highest BCUT2D eigenvalue weighted by Crippen LogP contribution is 2.22. The number of hydrogen-bond donors (Lipinski definition) is 2. The van der Waals surface area contributed by atoms with Crippen LogP contribution in [0.2, 0.25) is 0 Å². The number of carbonyl (C=O) groups excluding carboxylic acids is 1. The van der Waals surface area contributed by atoms with Gasteiger partial charge in [-0.3, -0.25) is 9.69 Å². The lowest BCUT2D eigenvalue weighted by atomic mass is 10.0. The monoisotopic (exact) mass is 342 g/mol. The standard InChI is InChI=1S/C19H26N4O2/c20-10-9-18(24)21-12-17-8-4-5-11-23(17)13-16-14-25-19(22-16)15-6-2-1-3-7-15/h1-3,6-7,14,17H,4-5,8-13,20H2,(H,21,24). The molecule has 6 heteroatoms. The average Bonchev–Trinajstić information content (AvgIpc) is 3.11. The van der Waals surface area contributed by atoms with Gasteiger partial charge in [0.25, 0.3) is 0 Å². The van der Waals surface area contributed by atoms with Gasteiger partial charge in [0.05, 0.1) is 5.69 Å². The molecule has 1 aliphatic rings. The van der Waals surface area contributed by atoms with Gasteiger partial charge in [-0.25, -0.2) is 4.98 Å². The van der Waals surface area contributed by atoms with Crippen LogP contribution < -0.4 is 11.1 Å². The minimum Gasteiger partial charge on any atom is -0.444 e. The number of nitrogens with zero attached hydrogens (tertiary/aromatic N) is 2. The highest BCUT2D eigenvalue weighted by Gasteiger charge is 2.24. The predicted octanol–water partition coefficient (Wildman–Crippen LogP) is 2.16. The summed E-state index contributed by atoms with van der Waals surface area (Å²) in [5.41, 5.74) is 7.34. The Labute approximate surface area is 148 Å². The number of benzene rings is 1. The number of amides is 1. The molecule has 0 radical (unpaired) electrons. The Kier molecular flexibility index (Phi) is 6.19.